The smallest absolute Gasteiger partial charge is 0.248 e. The molecule has 1 heterocycles. The van der Waals surface area contributed by atoms with Crippen molar-refractivity contribution >= 4 is 5.91 Å². The highest BCUT2D eigenvalue weighted by Gasteiger charge is 2.39. The Morgan fingerprint density at radius 3 is 2.88 bits per heavy atom. The molecule has 0 radical (unpaired) electrons. The molecule has 1 saturated carbocycles. The normalized spacial score (nSPS) is 27.4. The third-order valence-corrected chi connectivity index (χ3v) is 5.12. The van der Waals surface area contributed by atoms with Gasteiger partial charge in [-0.2, -0.15) is 0 Å². The van der Waals surface area contributed by atoms with Crippen LogP contribution in [0.3, 0.4) is 0 Å². The number of carbonyl (C=O) groups is 1. The summed E-state index contributed by atoms with van der Waals surface area (Å²) in [6.45, 7) is 2.32. The van der Waals surface area contributed by atoms with Crippen molar-refractivity contribution in [3.63, 3.8) is 0 Å². The average Bonchev–Trinajstić information content (AvgIpc) is 3.05. The van der Waals surface area contributed by atoms with Gasteiger partial charge in [0.1, 0.15) is 6.61 Å². The number of aliphatic hydroxyl groups excluding tert-OH is 1. The SMILES string of the molecule is O=C(COCCc1ccccc1)N1CCOC[C@@H]1[C@H]1CCC[C@@H]1O. The molecule has 0 aromatic heterocycles. The van der Waals surface area contributed by atoms with Gasteiger partial charge in [0, 0.05) is 12.5 Å². The molecule has 1 N–H and O–H groups in total. The van der Waals surface area contributed by atoms with E-state index in [-0.39, 0.29) is 30.6 Å². The van der Waals surface area contributed by atoms with E-state index >= 15 is 0 Å². The number of morpholine rings is 1. The molecule has 1 amide bonds. The maximum absolute atomic E-state index is 12.5. The van der Waals surface area contributed by atoms with E-state index in [9.17, 15) is 9.90 Å². The Labute approximate surface area is 143 Å². The third-order valence-electron chi connectivity index (χ3n) is 5.12. The first-order valence-corrected chi connectivity index (χ1v) is 8.92. The zero-order valence-electron chi connectivity index (χ0n) is 14.1. The predicted molar refractivity (Wildman–Crippen MR) is 90.6 cm³/mol. The van der Waals surface area contributed by atoms with Gasteiger partial charge in [-0.15, -0.1) is 0 Å². The van der Waals surface area contributed by atoms with Crippen LogP contribution in [0.4, 0.5) is 0 Å². The number of rotatable bonds is 6. The minimum Gasteiger partial charge on any atom is -0.393 e. The van der Waals surface area contributed by atoms with E-state index in [2.05, 4.69) is 12.1 Å². The number of aliphatic hydroxyl groups is 1. The van der Waals surface area contributed by atoms with Gasteiger partial charge in [0.25, 0.3) is 0 Å². The van der Waals surface area contributed by atoms with Crippen molar-refractivity contribution in [3.05, 3.63) is 35.9 Å². The second-order valence-corrected chi connectivity index (χ2v) is 6.68. The fraction of sp³-hybridized carbons (Fsp3) is 0.632. The van der Waals surface area contributed by atoms with Crippen LogP contribution in [0.15, 0.2) is 30.3 Å². The van der Waals surface area contributed by atoms with Crippen LogP contribution in [0, 0.1) is 5.92 Å². The lowest BCUT2D eigenvalue weighted by Crippen LogP contribution is -2.54. The van der Waals surface area contributed by atoms with Crippen molar-refractivity contribution in [3.8, 4) is 0 Å². The molecule has 3 rings (SSSR count). The summed E-state index contributed by atoms with van der Waals surface area (Å²) in [5, 5.41) is 10.2. The maximum atomic E-state index is 12.5. The van der Waals surface area contributed by atoms with Crippen LogP contribution in [-0.2, 0) is 20.7 Å². The molecule has 0 unspecified atom stereocenters. The highest BCUT2D eigenvalue weighted by atomic mass is 16.5. The second-order valence-electron chi connectivity index (χ2n) is 6.68. The van der Waals surface area contributed by atoms with E-state index in [0.717, 1.165) is 25.7 Å². The number of ether oxygens (including phenoxy) is 2. The minimum absolute atomic E-state index is 0.00969. The fourth-order valence-electron chi connectivity index (χ4n) is 3.78. The highest BCUT2D eigenvalue weighted by Crippen LogP contribution is 2.32. The molecule has 5 heteroatoms. The summed E-state index contributed by atoms with van der Waals surface area (Å²) >= 11 is 0. The topological polar surface area (TPSA) is 59.0 Å². The van der Waals surface area contributed by atoms with Crippen molar-refractivity contribution in [2.24, 2.45) is 5.92 Å². The van der Waals surface area contributed by atoms with Crippen LogP contribution in [0.1, 0.15) is 24.8 Å². The number of hydrogen-bond donors (Lipinski definition) is 1. The Balaban J connectivity index is 1.47. The lowest BCUT2D eigenvalue weighted by molar-refractivity contribution is -0.148. The van der Waals surface area contributed by atoms with Crippen LogP contribution in [0.2, 0.25) is 0 Å². The summed E-state index contributed by atoms with van der Waals surface area (Å²) in [5.74, 6) is 0.147. The fourth-order valence-corrected chi connectivity index (χ4v) is 3.78. The Hall–Kier alpha value is -1.43. The molecular weight excluding hydrogens is 306 g/mol. The quantitative estimate of drug-likeness (QED) is 0.804. The summed E-state index contributed by atoms with van der Waals surface area (Å²) in [7, 11) is 0. The van der Waals surface area contributed by atoms with Crippen LogP contribution in [-0.4, -0.2) is 61.0 Å². The molecule has 1 aliphatic heterocycles. The number of hydrogen-bond acceptors (Lipinski definition) is 4. The van der Waals surface area contributed by atoms with Gasteiger partial charge < -0.3 is 19.5 Å². The number of nitrogens with zero attached hydrogens (tertiary/aromatic N) is 1. The van der Waals surface area contributed by atoms with Gasteiger partial charge >= 0.3 is 0 Å². The van der Waals surface area contributed by atoms with E-state index < -0.39 is 0 Å². The molecule has 2 aliphatic rings. The molecule has 1 aliphatic carbocycles. The molecule has 1 aromatic rings. The largest absolute Gasteiger partial charge is 0.393 e. The Kier molecular flexibility index (Phi) is 6.24. The van der Waals surface area contributed by atoms with Gasteiger partial charge in [0.05, 0.1) is 32.0 Å². The van der Waals surface area contributed by atoms with Crippen molar-refractivity contribution in [2.45, 2.75) is 37.8 Å². The van der Waals surface area contributed by atoms with Gasteiger partial charge in [0.15, 0.2) is 0 Å². The highest BCUT2D eigenvalue weighted by molar-refractivity contribution is 5.78. The van der Waals surface area contributed by atoms with Gasteiger partial charge in [0.2, 0.25) is 5.91 Å². The molecule has 1 saturated heterocycles. The first kappa shape index (κ1) is 17.4. The number of amides is 1. The van der Waals surface area contributed by atoms with Crippen molar-refractivity contribution in [2.75, 3.05) is 33.0 Å². The predicted octanol–water partition coefficient (Wildman–Crippen LogP) is 1.63. The Bertz CT molecular complexity index is 521. The minimum atomic E-state index is -0.314. The Morgan fingerprint density at radius 1 is 1.29 bits per heavy atom. The van der Waals surface area contributed by atoms with E-state index in [1.54, 1.807) is 0 Å². The zero-order chi connectivity index (χ0) is 16.8. The van der Waals surface area contributed by atoms with Crippen LogP contribution < -0.4 is 0 Å². The van der Waals surface area contributed by atoms with Crippen molar-refractivity contribution in [1.29, 1.82) is 0 Å². The zero-order valence-corrected chi connectivity index (χ0v) is 14.1. The average molecular weight is 333 g/mol. The van der Waals surface area contributed by atoms with E-state index in [0.29, 0.717) is 26.4 Å². The maximum Gasteiger partial charge on any atom is 0.248 e. The number of benzene rings is 1. The molecule has 0 bridgehead atoms. The first-order chi connectivity index (χ1) is 11.8. The molecule has 132 valence electrons. The van der Waals surface area contributed by atoms with E-state index in [4.69, 9.17) is 9.47 Å². The van der Waals surface area contributed by atoms with Gasteiger partial charge in [-0.25, -0.2) is 0 Å². The van der Waals surface area contributed by atoms with Crippen LogP contribution >= 0.6 is 0 Å². The van der Waals surface area contributed by atoms with Gasteiger partial charge in [-0.1, -0.05) is 36.8 Å². The molecule has 1 aromatic carbocycles. The van der Waals surface area contributed by atoms with E-state index in [1.165, 1.54) is 5.56 Å². The summed E-state index contributed by atoms with van der Waals surface area (Å²) in [6.07, 6.45) is 3.32. The van der Waals surface area contributed by atoms with Crippen LogP contribution in [0.25, 0.3) is 0 Å². The standard InChI is InChI=1S/C19H27NO4/c21-18-8-4-7-16(18)17-13-24-12-10-20(17)19(22)14-23-11-9-15-5-2-1-3-6-15/h1-3,5-6,16-18,21H,4,7-14H2/t16-,17-,18+/m1/s1. The summed E-state index contributed by atoms with van der Waals surface area (Å²) in [4.78, 5) is 14.4. The monoisotopic (exact) mass is 333 g/mol. The second kappa shape index (κ2) is 8.60. The Morgan fingerprint density at radius 2 is 2.12 bits per heavy atom. The number of carbonyl (C=O) groups excluding carboxylic acids is 1. The lowest BCUT2D eigenvalue weighted by atomic mass is 9.94. The third kappa shape index (κ3) is 4.35. The van der Waals surface area contributed by atoms with Crippen LogP contribution in [0.5, 0.6) is 0 Å². The van der Waals surface area contributed by atoms with Crippen molar-refractivity contribution in [1.82, 2.24) is 4.90 Å². The molecule has 2 fully saturated rings. The summed E-state index contributed by atoms with van der Waals surface area (Å²) in [5.41, 5.74) is 1.21. The molecule has 3 atom stereocenters. The first-order valence-electron chi connectivity index (χ1n) is 8.92. The molecule has 24 heavy (non-hydrogen) atoms. The van der Waals surface area contributed by atoms with Gasteiger partial charge in [-0.3, -0.25) is 4.79 Å². The van der Waals surface area contributed by atoms with Crippen molar-refractivity contribution < 1.29 is 19.4 Å². The lowest BCUT2D eigenvalue weighted by Gasteiger charge is -2.40. The molecule has 5 nitrogen and oxygen atoms in total. The summed E-state index contributed by atoms with van der Waals surface area (Å²) in [6, 6.07) is 10.1. The molecule has 0 spiro atoms. The molecular formula is C19H27NO4. The van der Waals surface area contributed by atoms with Gasteiger partial charge in [-0.05, 0) is 24.8 Å². The van der Waals surface area contributed by atoms with E-state index in [1.807, 2.05) is 23.1 Å². The summed E-state index contributed by atoms with van der Waals surface area (Å²) < 4.78 is 11.2.